The summed E-state index contributed by atoms with van der Waals surface area (Å²) in [5.41, 5.74) is 6.31. The van der Waals surface area contributed by atoms with Crippen molar-refractivity contribution in [1.29, 1.82) is 0 Å². The number of anilines is 1. The second kappa shape index (κ2) is 6.56. The summed E-state index contributed by atoms with van der Waals surface area (Å²) in [5, 5.41) is 0.146. The van der Waals surface area contributed by atoms with Crippen molar-refractivity contribution < 1.29 is 19.1 Å². The van der Waals surface area contributed by atoms with E-state index in [-0.39, 0.29) is 24.1 Å². The van der Waals surface area contributed by atoms with E-state index in [0.29, 0.717) is 11.2 Å². The number of nitrogens with zero attached hydrogens (tertiary/aromatic N) is 4. The molecule has 0 aliphatic carbocycles. The van der Waals surface area contributed by atoms with Crippen molar-refractivity contribution in [3.8, 4) is 0 Å². The molecule has 0 saturated carbocycles. The SMILES string of the molecule is COC(=O)C(CCn1cnc2nc(N)nc(Cl)c21)C(=O)OC. The number of imidazole rings is 1. The fraction of sp³-hybridized carbons (Fsp3) is 0.417. The number of rotatable bonds is 5. The first-order valence-corrected chi connectivity index (χ1v) is 6.65. The van der Waals surface area contributed by atoms with Crippen LogP contribution in [-0.4, -0.2) is 45.7 Å². The van der Waals surface area contributed by atoms with Crippen molar-refractivity contribution in [1.82, 2.24) is 19.5 Å². The molecule has 0 aliphatic rings. The highest BCUT2D eigenvalue weighted by atomic mass is 35.5. The first-order chi connectivity index (χ1) is 10.5. The lowest BCUT2D eigenvalue weighted by atomic mass is 10.1. The van der Waals surface area contributed by atoms with Gasteiger partial charge in [-0.2, -0.15) is 9.97 Å². The quantitative estimate of drug-likeness (QED) is 0.476. The number of carbonyl (C=O) groups is 2. The molecular formula is C12H14ClN5O4. The molecule has 0 aliphatic heterocycles. The first-order valence-electron chi connectivity index (χ1n) is 6.27. The van der Waals surface area contributed by atoms with Gasteiger partial charge in [-0.25, -0.2) is 4.98 Å². The molecule has 2 rings (SSSR count). The predicted octanol–water partition coefficient (Wildman–Crippen LogP) is 0.414. The number of carbonyl (C=O) groups excluding carboxylic acids is 2. The third kappa shape index (κ3) is 3.08. The van der Waals surface area contributed by atoms with Crippen LogP contribution in [0.1, 0.15) is 6.42 Å². The number of hydrogen-bond acceptors (Lipinski definition) is 8. The minimum absolute atomic E-state index is 0.0183. The van der Waals surface area contributed by atoms with Crippen LogP contribution < -0.4 is 5.73 Å². The Balaban J connectivity index is 2.23. The number of aromatic nitrogens is 4. The summed E-state index contributed by atoms with van der Waals surface area (Å²) in [5.74, 6) is -2.34. The van der Waals surface area contributed by atoms with Gasteiger partial charge in [0.25, 0.3) is 0 Å². The number of ether oxygens (including phenoxy) is 2. The summed E-state index contributed by atoms with van der Waals surface area (Å²) in [6, 6.07) is 0. The molecule has 22 heavy (non-hydrogen) atoms. The van der Waals surface area contributed by atoms with E-state index in [1.165, 1.54) is 20.5 Å². The Hall–Kier alpha value is -2.42. The molecule has 118 valence electrons. The van der Waals surface area contributed by atoms with Crippen molar-refractivity contribution in [2.45, 2.75) is 13.0 Å². The predicted molar refractivity (Wildman–Crippen MR) is 76.9 cm³/mol. The van der Waals surface area contributed by atoms with Gasteiger partial charge in [0.05, 0.1) is 20.5 Å². The molecule has 0 atom stereocenters. The Morgan fingerprint density at radius 1 is 1.32 bits per heavy atom. The third-order valence-electron chi connectivity index (χ3n) is 3.08. The highest BCUT2D eigenvalue weighted by Crippen LogP contribution is 2.21. The van der Waals surface area contributed by atoms with E-state index in [2.05, 4.69) is 24.4 Å². The van der Waals surface area contributed by atoms with Gasteiger partial charge in [0.2, 0.25) is 5.95 Å². The molecule has 0 fully saturated rings. The van der Waals surface area contributed by atoms with Gasteiger partial charge in [-0.15, -0.1) is 0 Å². The molecule has 2 aromatic heterocycles. The van der Waals surface area contributed by atoms with Gasteiger partial charge in [-0.05, 0) is 6.42 Å². The van der Waals surface area contributed by atoms with Gasteiger partial charge < -0.3 is 19.8 Å². The topological polar surface area (TPSA) is 122 Å². The first kappa shape index (κ1) is 16.0. The minimum atomic E-state index is -1.03. The van der Waals surface area contributed by atoms with Crippen LogP contribution in [0.15, 0.2) is 6.33 Å². The van der Waals surface area contributed by atoms with Crippen LogP contribution in [0.25, 0.3) is 11.2 Å². The van der Waals surface area contributed by atoms with Crippen LogP contribution in [0.3, 0.4) is 0 Å². The van der Waals surface area contributed by atoms with Crippen LogP contribution in [0.2, 0.25) is 5.15 Å². The van der Waals surface area contributed by atoms with Crippen LogP contribution >= 0.6 is 11.6 Å². The zero-order chi connectivity index (χ0) is 16.3. The highest BCUT2D eigenvalue weighted by molar-refractivity contribution is 6.33. The van der Waals surface area contributed by atoms with E-state index in [9.17, 15) is 9.59 Å². The molecule has 2 heterocycles. The van der Waals surface area contributed by atoms with Gasteiger partial charge in [0, 0.05) is 6.54 Å². The van der Waals surface area contributed by atoms with E-state index in [4.69, 9.17) is 17.3 Å². The van der Waals surface area contributed by atoms with Gasteiger partial charge in [-0.1, -0.05) is 11.6 Å². The standard InChI is InChI=1S/C12H14ClN5O4/c1-21-10(19)6(11(20)22-2)3-4-18-5-15-9-7(18)8(13)16-12(14)17-9/h5-6H,3-4H2,1-2H3,(H2,14,16,17). The zero-order valence-corrected chi connectivity index (χ0v) is 12.7. The number of hydrogen-bond donors (Lipinski definition) is 1. The molecule has 0 saturated heterocycles. The van der Waals surface area contributed by atoms with Gasteiger partial charge in [0.15, 0.2) is 16.7 Å². The second-order valence-corrected chi connectivity index (χ2v) is 4.73. The van der Waals surface area contributed by atoms with E-state index in [1.807, 2.05) is 0 Å². The normalized spacial score (nSPS) is 10.9. The van der Waals surface area contributed by atoms with Gasteiger partial charge in [-0.3, -0.25) is 9.59 Å². The molecule has 0 amide bonds. The van der Waals surface area contributed by atoms with E-state index < -0.39 is 17.9 Å². The molecule has 9 nitrogen and oxygen atoms in total. The molecule has 0 radical (unpaired) electrons. The lowest BCUT2D eigenvalue weighted by Gasteiger charge is -2.13. The molecule has 0 bridgehead atoms. The van der Waals surface area contributed by atoms with Gasteiger partial charge >= 0.3 is 11.9 Å². The van der Waals surface area contributed by atoms with Crippen LogP contribution in [0.4, 0.5) is 5.95 Å². The molecule has 2 N–H and O–H groups in total. The molecule has 10 heteroatoms. The molecular weight excluding hydrogens is 314 g/mol. The average Bonchev–Trinajstić information content (AvgIpc) is 2.89. The summed E-state index contributed by atoms with van der Waals surface area (Å²) in [7, 11) is 2.41. The lowest BCUT2D eigenvalue weighted by molar-refractivity contribution is -0.159. The van der Waals surface area contributed by atoms with Crippen molar-refractivity contribution in [3.63, 3.8) is 0 Å². The summed E-state index contributed by atoms with van der Waals surface area (Å²) in [6.45, 7) is 0.276. The van der Waals surface area contributed by atoms with E-state index >= 15 is 0 Å². The summed E-state index contributed by atoms with van der Waals surface area (Å²) >= 11 is 6.03. The zero-order valence-electron chi connectivity index (χ0n) is 11.9. The monoisotopic (exact) mass is 327 g/mol. The number of nitrogens with two attached hydrogens (primary N) is 1. The Morgan fingerprint density at radius 3 is 2.55 bits per heavy atom. The summed E-state index contributed by atoms with van der Waals surface area (Å²) < 4.78 is 10.8. The number of methoxy groups -OCH3 is 2. The Bertz CT molecular complexity index is 701. The number of aryl methyl sites for hydroxylation is 1. The highest BCUT2D eigenvalue weighted by Gasteiger charge is 2.28. The molecule has 0 spiro atoms. The molecule has 2 aromatic rings. The Kier molecular flexibility index (Phi) is 4.76. The Labute approximate surface area is 130 Å². The van der Waals surface area contributed by atoms with E-state index in [0.717, 1.165) is 0 Å². The maximum absolute atomic E-state index is 11.6. The number of nitrogen functional groups attached to an aromatic ring is 1. The van der Waals surface area contributed by atoms with Crippen molar-refractivity contribution in [3.05, 3.63) is 11.5 Å². The van der Waals surface area contributed by atoms with Crippen molar-refractivity contribution in [2.24, 2.45) is 5.92 Å². The summed E-state index contributed by atoms with van der Waals surface area (Å²) in [6.07, 6.45) is 1.64. The fourth-order valence-corrected chi connectivity index (χ4v) is 2.29. The smallest absolute Gasteiger partial charge is 0.320 e. The largest absolute Gasteiger partial charge is 0.468 e. The second-order valence-electron chi connectivity index (χ2n) is 4.37. The Morgan fingerprint density at radius 2 is 1.95 bits per heavy atom. The van der Waals surface area contributed by atoms with Crippen molar-refractivity contribution in [2.75, 3.05) is 20.0 Å². The minimum Gasteiger partial charge on any atom is -0.468 e. The number of esters is 2. The summed E-state index contributed by atoms with van der Waals surface area (Å²) in [4.78, 5) is 35.1. The fourth-order valence-electron chi connectivity index (χ4n) is 2.01. The number of fused-ring (bicyclic) bond motifs is 1. The lowest BCUT2D eigenvalue weighted by Crippen LogP contribution is -2.27. The molecule has 0 unspecified atom stereocenters. The van der Waals surface area contributed by atoms with Crippen molar-refractivity contribution >= 4 is 40.7 Å². The van der Waals surface area contributed by atoms with Crippen LogP contribution in [0, 0.1) is 5.92 Å². The average molecular weight is 328 g/mol. The van der Waals surface area contributed by atoms with Gasteiger partial charge in [0.1, 0.15) is 5.52 Å². The maximum Gasteiger partial charge on any atom is 0.320 e. The third-order valence-corrected chi connectivity index (χ3v) is 3.34. The van der Waals surface area contributed by atoms with Crippen LogP contribution in [0.5, 0.6) is 0 Å². The molecule has 0 aromatic carbocycles. The van der Waals surface area contributed by atoms with E-state index in [1.54, 1.807) is 4.57 Å². The maximum atomic E-state index is 11.6. The number of halogens is 1. The van der Waals surface area contributed by atoms with Crippen LogP contribution in [-0.2, 0) is 25.6 Å².